The molecule has 0 heterocycles. The molecule has 0 radical (unpaired) electrons. The molecule has 2 saturated carbocycles. The topological polar surface area (TPSA) is 26.3 Å². The lowest BCUT2D eigenvalue weighted by molar-refractivity contribution is -0.144. The van der Waals surface area contributed by atoms with Crippen LogP contribution in [0.15, 0.2) is 23.3 Å². The lowest BCUT2D eigenvalue weighted by Gasteiger charge is -2.53. The quantitative estimate of drug-likeness (QED) is 0.518. The van der Waals surface area contributed by atoms with Crippen LogP contribution in [0.3, 0.4) is 0 Å². The molecular formula is C21H30O2. The SMILES string of the molecule is CC(=O)OC[C@@]12CCCC1=C1CCC3CCC=C[C@]3(C)[C@H]1CC2. The molecule has 0 saturated heterocycles. The molecule has 0 N–H and O–H groups in total. The Hall–Kier alpha value is -1.05. The standard InChI is InChI=1S/C21H30O2/c1-15(22)23-14-21-12-5-7-19(21)17-9-8-16-6-3-4-11-20(16,2)18(17)10-13-21/h4,11,16,18H,3,5-10,12-14H2,1-2H3/t16?,18-,20-,21-/m0/s1. The van der Waals surface area contributed by atoms with Gasteiger partial charge in [0, 0.05) is 12.3 Å². The molecule has 4 atom stereocenters. The van der Waals surface area contributed by atoms with Gasteiger partial charge in [0.25, 0.3) is 0 Å². The highest BCUT2D eigenvalue weighted by molar-refractivity contribution is 5.66. The Morgan fingerprint density at radius 2 is 2.13 bits per heavy atom. The van der Waals surface area contributed by atoms with Gasteiger partial charge >= 0.3 is 5.97 Å². The Morgan fingerprint density at radius 1 is 1.26 bits per heavy atom. The van der Waals surface area contributed by atoms with E-state index in [0.29, 0.717) is 12.0 Å². The van der Waals surface area contributed by atoms with Gasteiger partial charge in [-0.2, -0.15) is 0 Å². The van der Waals surface area contributed by atoms with Crippen molar-refractivity contribution in [3.8, 4) is 0 Å². The van der Waals surface area contributed by atoms with Crippen molar-refractivity contribution in [1.82, 2.24) is 0 Å². The van der Waals surface area contributed by atoms with Crippen molar-refractivity contribution in [2.45, 2.75) is 71.6 Å². The molecule has 0 aromatic carbocycles. The summed E-state index contributed by atoms with van der Waals surface area (Å²) < 4.78 is 5.51. The van der Waals surface area contributed by atoms with Gasteiger partial charge in [-0.3, -0.25) is 4.79 Å². The molecule has 2 fully saturated rings. The van der Waals surface area contributed by atoms with Crippen LogP contribution in [-0.4, -0.2) is 12.6 Å². The van der Waals surface area contributed by atoms with Gasteiger partial charge in [0.05, 0.1) is 0 Å². The maximum atomic E-state index is 11.3. The molecular weight excluding hydrogens is 284 g/mol. The van der Waals surface area contributed by atoms with Crippen LogP contribution in [0.25, 0.3) is 0 Å². The summed E-state index contributed by atoms with van der Waals surface area (Å²) in [5.41, 5.74) is 4.05. The van der Waals surface area contributed by atoms with Crippen LogP contribution in [0.4, 0.5) is 0 Å². The summed E-state index contributed by atoms with van der Waals surface area (Å²) in [6, 6.07) is 0. The summed E-state index contributed by atoms with van der Waals surface area (Å²) in [6.07, 6.45) is 16.6. The fourth-order valence-electron chi connectivity index (χ4n) is 6.35. The number of esters is 1. The molecule has 0 bridgehead atoms. The van der Waals surface area contributed by atoms with E-state index < -0.39 is 0 Å². The maximum Gasteiger partial charge on any atom is 0.302 e. The van der Waals surface area contributed by atoms with Crippen molar-refractivity contribution in [2.75, 3.05) is 6.61 Å². The molecule has 2 nitrogen and oxygen atoms in total. The van der Waals surface area contributed by atoms with E-state index in [1.165, 1.54) is 57.8 Å². The van der Waals surface area contributed by atoms with Crippen molar-refractivity contribution in [3.05, 3.63) is 23.3 Å². The Balaban J connectivity index is 1.70. The van der Waals surface area contributed by atoms with Crippen LogP contribution in [-0.2, 0) is 9.53 Å². The number of hydrogen-bond donors (Lipinski definition) is 0. The summed E-state index contributed by atoms with van der Waals surface area (Å²) in [5, 5.41) is 0. The third kappa shape index (κ3) is 2.32. The minimum Gasteiger partial charge on any atom is -0.465 e. The predicted octanol–water partition coefficient (Wildman–Crippen LogP) is 5.19. The second kappa shape index (κ2) is 5.50. The molecule has 0 aromatic rings. The van der Waals surface area contributed by atoms with Gasteiger partial charge < -0.3 is 4.74 Å². The first-order chi connectivity index (χ1) is 11.1. The normalized spacial score (nSPS) is 42.0. The molecule has 23 heavy (non-hydrogen) atoms. The van der Waals surface area contributed by atoms with Gasteiger partial charge in [-0.15, -0.1) is 0 Å². The zero-order chi connectivity index (χ0) is 16.1. The predicted molar refractivity (Wildman–Crippen MR) is 91.9 cm³/mol. The molecule has 4 aliphatic rings. The van der Waals surface area contributed by atoms with Gasteiger partial charge in [0.2, 0.25) is 0 Å². The van der Waals surface area contributed by atoms with E-state index in [0.717, 1.165) is 11.8 Å². The van der Waals surface area contributed by atoms with Crippen LogP contribution in [0.5, 0.6) is 0 Å². The fourth-order valence-corrected chi connectivity index (χ4v) is 6.35. The monoisotopic (exact) mass is 314 g/mol. The molecule has 1 unspecified atom stereocenters. The molecule has 2 heteroatoms. The fraction of sp³-hybridized carbons (Fsp3) is 0.762. The maximum absolute atomic E-state index is 11.3. The van der Waals surface area contributed by atoms with E-state index in [2.05, 4.69) is 19.1 Å². The first-order valence-electron chi connectivity index (χ1n) is 9.59. The Kier molecular flexibility index (Phi) is 3.70. The van der Waals surface area contributed by atoms with Crippen molar-refractivity contribution in [1.29, 1.82) is 0 Å². The van der Waals surface area contributed by atoms with E-state index in [1.54, 1.807) is 18.1 Å². The van der Waals surface area contributed by atoms with Crippen LogP contribution < -0.4 is 0 Å². The first kappa shape index (κ1) is 15.5. The second-order valence-electron chi connectivity index (χ2n) is 8.59. The second-order valence-corrected chi connectivity index (χ2v) is 8.59. The molecule has 4 rings (SSSR count). The van der Waals surface area contributed by atoms with Crippen molar-refractivity contribution >= 4 is 5.97 Å². The number of hydrogen-bond acceptors (Lipinski definition) is 2. The van der Waals surface area contributed by atoms with E-state index in [1.807, 2.05) is 0 Å². The van der Waals surface area contributed by atoms with E-state index in [9.17, 15) is 4.79 Å². The summed E-state index contributed by atoms with van der Waals surface area (Å²) in [7, 11) is 0. The number of carbonyl (C=O) groups is 1. The van der Waals surface area contributed by atoms with E-state index >= 15 is 0 Å². The summed E-state index contributed by atoms with van der Waals surface area (Å²) in [6.45, 7) is 4.69. The molecule has 4 aliphatic carbocycles. The number of fused-ring (bicyclic) bond motifs is 4. The Labute approximate surface area is 140 Å². The average Bonchev–Trinajstić information content (AvgIpc) is 2.97. The zero-order valence-electron chi connectivity index (χ0n) is 14.7. The van der Waals surface area contributed by atoms with Gasteiger partial charge in [0.1, 0.15) is 6.61 Å². The van der Waals surface area contributed by atoms with Crippen LogP contribution in [0, 0.1) is 22.7 Å². The highest BCUT2D eigenvalue weighted by Gasteiger charge is 2.52. The molecule has 0 spiro atoms. The number of allylic oxidation sites excluding steroid dienone is 3. The summed E-state index contributed by atoms with van der Waals surface area (Å²) in [4.78, 5) is 11.3. The van der Waals surface area contributed by atoms with Gasteiger partial charge in [-0.05, 0) is 75.0 Å². The first-order valence-corrected chi connectivity index (χ1v) is 9.59. The highest BCUT2D eigenvalue weighted by Crippen LogP contribution is 2.62. The molecule has 126 valence electrons. The lowest BCUT2D eigenvalue weighted by Crippen LogP contribution is -2.44. The van der Waals surface area contributed by atoms with Crippen molar-refractivity contribution in [2.24, 2.45) is 22.7 Å². The van der Waals surface area contributed by atoms with Gasteiger partial charge in [0.15, 0.2) is 0 Å². The van der Waals surface area contributed by atoms with E-state index in [-0.39, 0.29) is 11.4 Å². The van der Waals surface area contributed by atoms with Crippen LogP contribution >= 0.6 is 0 Å². The van der Waals surface area contributed by atoms with Gasteiger partial charge in [-0.1, -0.05) is 30.2 Å². The highest BCUT2D eigenvalue weighted by atomic mass is 16.5. The van der Waals surface area contributed by atoms with E-state index in [4.69, 9.17) is 4.74 Å². The van der Waals surface area contributed by atoms with Crippen molar-refractivity contribution in [3.63, 3.8) is 0 Å². The smallest absolute Gasteiger partial charge is 0.302 e. The number of carbonyl (C=O) groups excluding carboxylic acids is 1. The summed E-state index contributed by atoms with van der Waals surface area (Å²) in [5.74, 6) is 1.50. The molecule has 0 amide bonds. The van der Waals surface area contributed by atoms with Gasteiger partial charge in [-0.25, -0.2) is 0 Å². The van der Waals surface area contributed by atoms with Crippen LogP contribution in [0.1, 0.15) is 71.6 Å². The average molecular weight is 314 g/mol. The largest absolute Gasteiger partial charge is 0.465 e. The van der Waals surface area contributed by atoms with Crippen LogP contribution in [0.2, 0.25) is 0 Å². The Bertz CT molecular complexity index is 572. The number of ether oxygens (including phenoxy) is 1. The minimum absolute atomic E-state index is 0.122. The Morgan fingerprint density at radius 3 is 2.96 bits per heavy atom. The lowest BCUT2D eigenvalue weighted by atomic mass is 9.51. The molecule has 0 aromatic heterocycles. The minimum atomic E-state index is -0.122. The third-order valence-corrected chi connectivity index (χ3v) is 7.55. The van der Waals surface area contributed by atoms with Crippen molar-refractivity contribution < 1.29 is 9.53 Å². The molecule has 0 aliphatic heterocycles. The number of rotatable bonds is 2. The third-order valence-electron chi connectivity index (χ3n) is 7.55. The summed E-state index contributed by atoms with van der Waals surface area (Å²) >= 11 is 0. The zero-order valence-corrected chi connectivity index (χ0v) is 14.7.